The van der Waals surface area contributed by atoms with E-state index in [9.17, 15) is 13.2 Å². The molecule has 0 unspecified atom stereocenters. The van der Waals surface area contributed by atoms with E-state index in [0.29, 0.717) is 24.6 Å². The fraction of sp³-hybridized carbons (Fsp3) is 0.412. The molecule has 0 N–H and O–H groups in total. The van der Waals surface area contributed by atoms with E-state index < -0.39 is 20.8 Å². The Morgan fingerprint density at radius 3 is 2.63 bits per heavy atom. The first-order chi connectivity index (χ1) is 13.0. The molecule has 1 fully saturated rings. The predicted molar refractivity (Wildman–Crippen MR) is 96.7 cm³/mol. The lowest BCUT2D eigenvalue weighted by molar-refractivity contribution is -0.124. The van der Waals surface area contributed by atoms with E-state index in [1.54, 1.807) is 30.0 Å². The molecule has 0 saturated carbocycles. The smallest absolute Gasteiger partial charge is 0.286 e. The Hall–Kier alpha value is -2.75. The number of nitrogens with zero attached hydrogens (tertiary/aromatic N) is 5. The highest BCUT2D eigenvalue weighted by atomic mass is 32.2. The summed E-state index contributed by atoms with van der Waals surface area (Å²) in [6, 6.07) is 6.46. The Morgan fingerprint density at radius 1 is 1.19 bits per heavy atom. The number of hydrogen-bond acceptors (Lipinski definition) is 8. The van der Waals surface area contributed by atoms with Crippen molar-refractivity contribution in [1.82, 2.24) is 15.0 Å². The number of amides is 1. The van der Waals surface area contributed by atoms with Crippen LogP contribution in [0.4, 0.5) is 5.69 Å². The van der Waals surface area contributed by atoms with Crippen molar-refractivity contribution in [3.8, 4) is 0 Å². The Kier molecular flexibility index (Phi) is 4.42. The van der Waals surface area contributed by atoms with Gasteiger partial charge in [-0.1, -0.05) is 17.3 Å². The Morgan fingerprint density at radius 2 is 1.93 bits per heavy atom. The molecule has 0 atom stereocenters. The molecule has 1 saturated heterocycles. The number of likely N-dealkylation sites (tertiary alicyclic amines) is 1. The first-order valence-corrected chi connectivity index (χ1v) is 10.2. The minimum Gasteiger partial charge on any atom is -0.337 e. The molecular weight excluding hydrogens is 370 g/mol. The highest BCUT2D eigenvalue weighted by molar-refractivity contribution is 8.08. The number of carbonyl (C=O) groups is 1. The van der Waals surface area contributed by atoms with E-state index in [0.717, 1.165) is 19.3 Å². The summed E-state index contributed by atoms with van der Waals surface area (Å²) >= 11 is 0. The van der Waals surface area contributed by atoms with Crippen molar-refractivity contribution in [3.63, 3.8) is 0 Å². The molecule has 2 aliphatic heterocycles. The molecule has 27 heavy (non-hydrogen) atoms. The lowest BCUT2D eigenvalue weighted by atomic mass is 10.1. The molecule has 0 bridgehead atoms. The maximum Gasteiger partial charge on any atom is 0.286 e. The van der Waals surface area contributed by atoms with Gasteiger partial charge in [0, 0.05) is 13.1 Å². The van der Waals surface area contributed by atoms with Gasteiger partial charge >= 0.3 is 0 Å². The van der Waals surface area contributed by atoms with Gasteiger partial charge in [-0.25, -0.2) is 8.42 Å². The van der Waals surface area contributed by atoms with Gasteiger partial charge in [-0.15, -0.1) is 0 Å². The second kappa shape index (κ2) is 6.76. The van der Waals surface area contributed by atoms with Gasteiger partial charge in [-0.3, -0.25) is 9.80 Å². The summed E-state index contributed by atoms with van der Waals surface area (Å²) in [6.45, 7) is 2.84. The van der Waals surface area contributed by atoms with E-state index >= 15 is 0 Å². The van der Waals surface area contributed by atoms with Crippen LogP contribution in [0.25, 0.3) is 0 Å². The number of aromatic nitrogens is 2. The number of carbonyl (C=O) groups excluding carboxylic acids is 1. The number of piperidine rings is 1. The molecule has 1 aromatic carbocycles. The van der Waals surface area contributed by atoms with E-state index in [4.69, 9.17) is 4.52 Å². The van der Waals surface area contributed by atoms with Gasteiger partial charge < -0.3 is 9.42 Å². The third-order valence-corrected chi connectivity index (χ3v) is 6.27. The third-order valence-electron chi connectivity index (χ3n) is 4.58. The SMILES string of the molecule is Cc1noc(CN2N=C(C(=O)N3CCCCC3)S(=O)(=O)c3ccccc32)n1. The number of hydrogen-bond donors (Lipinski definition) is 0. The number of para-hydroxylation sites is 1. The van der Waals surface area contributed by atoms with Crippen LogP contribution in [0.15, 0.2) is 38.8 Å². The van der Waals surface area contributed by atoms with Crippen molar-refractivity contribution in [3.05, 3.63) is 36.0 Å². The van der Waals surface area contributed by atoms with Gasteiger partial charge in [0.2, 0.25) is 20.8 Å². The summed E-state index contributed by atoms with van der Waals surface area (Å²) in [6.07, 6.45) is 2.76. The molecule has 0 radical (unpaired) electrons. The number of benzene rings is 1. The summed E-state index contributed by atoms with van der Waals surface area (Å²) in [5, 5.41) is 8.91. The second-order valence-electron chi connectivity index (χ2n) is 6.52. The molecule has 1 aromatic heterocycles. The fourth-order valence-electron chi connectivity index (χ4n) is 3.26. The summed E-state index contributed by atoms with van der Waals surface area (Å²) in [4.78, 5) is 18.7. The Balaban J connectivity index is 1.76. The summed E-state index contributed by atoms with van der Waals surface area (Å²) < 4.78 is 31.2. The normalized spacial score (nSPS) is 18.8. The van der Waals surface area contributed by atoms with Gasteiger partial charge in [0.25, 0.3) is 5.91 Å². The fourth-order valence-corrected chi connectivity index (χ4v) is 4.74. The molecule has 0 spiro atoms. The van der Waals surface area contributed by atoms with Gasteiger partial charge in [-0.05, 0) is 38.3 Å². The summed E-state index contributed by atoms with van der Waals surface area (Å²) in [5.74, 6) is 0.197. The largest absolute Gasteiger partial charge is 0.337 e. The number of anilines is 1. The minimum absolute atomic E-state index is 0.0524. The molecule has 3 heterocycles. The molecule has 1 amide bonds. The molecule has 142 valence electrons. The highest BCUT2D eigenvalue weighted by Crippen LogP contribution is 2.33. The van der Waals surface area contributed by atoms with Crippen molar-refractivity contribution < 1.29 is 17.7 Å². The molecular formula is C17H19N5O4S. The van der Waals surface area contributed by atoms with Gasteiger partial charge in [0.15, 0.2) is 5.82 Å². The van der Waals surface area contributed by atoms with Crippen LogP contribution in [-0.2, 0) is 21.2 Å². The first-order valence-electron chi connectivity index (χ1n) is 8.75. The van der Waals surface area contributed by atoms with Gasteiger partial charge in [0.05, 0.1) is 10.6 Å². The van der Waals surface area contributed by atoms with Crippen molar-refractivity contribution >= 4 is 26.5 Å². The van der Waals surface area contributed by atoms with Gasteiger partial charge in [-0.2, -0.15) is 10.1 Å². The Labute approximate surface area is 156 Å². The summed E-state index contributed by atoms with van der Waals surface area (Å²) in [7, 11) is -4.00. The topological polar surface area (TPSA) is 109 Å². The first kappa shape index (κ1) is 17.7. The summed E-state index contributed by atoms with van der Waals surface area (Å²) in [5.41, 5.74) is 0.378. The van der Waals surface area contributed by atoms with E-state index in [-0.39, 0.29) is 17.3 Å². The zero-order chi connectivity index (χ0) is 19.0. The number of hydrazone groups is 1. The number of fused-ring (bicyclic) bond motifs is 1. The van der Waals surface area contributed by atoms with E-state index in [1.165, 1.54) is 11.1 Å². The predicted octanol–water partition coefficient (Wildman–Crippen LogP) is 1.50. The third kappa shape index (κ3) is 3.20. The maximum atomic E-state index is 13.0. The van der Waals surface area contributed by atoms with Crippen molar-refractivity contribution in [2.75, 3.05) is 18.1 Å². The highest BCUT2D eigenvalue weighted by Gasteiger charge is 2.39. The van der Waals surface area contributed by atoms with Crippen LogP contribution in [0.3, 0.4) is 0 Å². The number of aryl methyl sites for hydroxylation is 1. The quantitative estimate of drug-likeness (QED) is 0.782. The van der Waals surface area contributed by atoms with E-state index in [2.05, 4.69) is 15.2 Å². The van der Waals surface area contributed by atoms with E-state index in [1.807, 2.05) is 0 Å². The van der Waals surface area contributed by atoms with Crippen LogP contribution in [0.2, 0.25) is 0 Å². The maximum absolute atomic E-state index is 13.0. The van der Waals surface area contributed by atoms with Crippen LogP contribution in [-0.4, -0.2) is 47.5 Å². The van der Waals surface area contributed by atoms with Crippen molar-refractivity contribution in [1.29, 1.82) is 0 Å². The molecule has 0 aliphatic carbocycles. The zero-order valence-electron chi connectivity index (χ0n) is 14.8. The van der Waals surface area contributed by atoms with Crippen LogP contribution >= 0.6 is 0 Å². The standard InChI is InChI=1S/C17H19N5O4S/c1-12-18-15(26-20-12)11-22-13-7-3-4-8-14(13)27(24,25)16(19-22)17(23)21-9-5-2-6-10-21/h3-4,7-8H,2,5-6,9-11H2,1H3. The van der Waals surface area contributed by atoms with Crippen LogP contribution in [0, 0.1) is 6.92 Å². The minimum atomic E-state index is -4.00. The van der Waals surface area contributed by atoms with Crippen LogP contribution in [0.5, 0.6) is 0 Å². The number of rotatable bonds is 3. The van der Waals surface area contributed by atoms with Crippen molar-refractivity contribution in [2.45, 2.75) is 37.6 Å². The average molecular weight is 389 g/mol. The zero-order valence-corrected chi connectivity index (χ0v) is 15.6. The average Bonchev–Trinajstić information content (AvgIpc) is 3.09. The lowest BCUT2D eigenvalue weighted by Gasteiger charge is -2.30. The molecule has 9 nitrogen and oxygen atoms in total. The molecule has 2 aliphatic rings. The van der Waals surface area contributed by atoms with Crippen molar-refractivity contribution in [2.24, 2.45) is 5.10 Å². The lowest BCUT2D eigenvalue weighted by Crippen LogP contribution is -2.45. The van der Waals surface area contributed by atoms with Gasteiger partial charge in [0.1, 0.15) is 6.54 Å². The Bertz CT molecular complexity index is 1010. The molecule has 4 rings (SSSR count). The monoisotopic (exact) mass is 389 g/mol. The number of sulfone groups is 1. The molecule has 10 heteroatoms. The van der Waals surface area contributed by atoms with Crippen LogP contribution < -0.4 is 5.01 Å². The second-order valence-corrected chi connectivity index (χ2v) is 8.36. The van der Waals surface area contributed by atoms with Crippen LogP contribution in [0.1, 0.15) is 31.0 Å². The molecule has 2 aromatic rings.